The molecule has 4 saturated heterocycles. The van der Waals surface area contributed by atoms with Crippen molar-refractivity contribution in [1.29, 1.82) is 0 Å². The summed E-state index contributed by atoms with van der Waals surface area (Å²) < 4.78 is 17.4. The number of amides is 2. The minimum absolute atomic E-state index is 0.0129. The van der Waals surface area contributed by atoms with Crippen LogP contribution in [0.3, 0.4) is 0 Å². The van der Waals surface area contributed by atoms with Crippen LogP contribution in [0.25, 0.3) is 0 Å². The third kappa shape index (κ3) is 5.38. The first kappa shape index (κ1) is 28.2. The molecule has 0 saturated carbocycles. The van der Waals surface area contributed by atoms with Crippen LogP contribution in [0.15, 0.2) is 25.3 Å². The maximum atomic E-state index is 14.1. The van der Waals surface area contributed by atoms with Gasteiger partial charge in [-0.2, -0.15) is 0 Å². The van der Waals surface area contributed by atoms with Crippen LogP contribution >= 0.6 is 15.9 Å². The van der Waals surface area contributed by atoms with E-state index >= 15 is 0 Å². The van der Waals surface area contributed by atoms with Gasteiger partial charge in [-0.3, -0.25) is 19.3 Å². The molecule has 10 nitrogen and oxygen atoms in total. The second kappa shape index (κ2) is 12.4. The minimum atomic E-state index is -1.16. The van der Waals surface area contributed by atoms with Gasteiger partial charge in [-0.1, -0.05) is 28.1 Å². The van der Waals surface area contributed by atoms with Crippen LogP contribution in [0.5, 0.6) is 0 Å². The van der Waals surface area contributed by atoms with Gasteiger partial charge in [0.2, 0.25) is 11.8 Å². The van der Waals surface area contributed by atoms with Crippen molar-refractivity contribution in [2.45, 2.75) is 41.8 Å². The number of esters is 1. The highest BCUT2D eigenvalue weighted by molar-refractivity contribution is 9.09. The first-order chi connectivity index (χ1) is 17.9. The van der Waals surface area contributed by atoms with Gasteiger partial charge in [0.25, 0.3) is 0 Å². The Morgan fingerprint density at radius 3 is 2.68 bits per heavy atom. The standard InChI is InChI=1S/C26H38BrN3O7/c1-3-5-6-14-36-25(34)19-20-23(32)30(10-13-31)22(26(20)17-18(27)21(19)37-26)24(33)29(7-4-2)9-8-28-11-15-35-16-12-28/h3-4,18-22,31H,1-2,5-17H2/t18?,19-,20-,21-,22?,26?/m0/s1. The predicted octanol–water partition coefficient (Wildman–Crippen LogP) is 0.583. The number of alkyl halides is 1. The predicted molar refractivity (Wildman–Crippen MR) is 139 cm³/mol. The summed E-state index contributed by atoms with van der Waals surface area (Å²) in [6, 6.07) is -0.939. The van der Waals surface area contributed by atoms with Gasteiger partial charge in [-0.05, 0) is 19.3 Å². The highest BCUT2D eigenvalue weighted by Crippen LogP contribution is 2.60. The molecule has 4 fully saturated rings. The molecule has 1 N–H and O–H groups in total. The average molecular weight is 585 g/mol. The number of allylic oxidation sites excluding steroid dienone is 1. The SMILES string of the molecule is C=CCCCOC(=O)[C@H]1[C@H]2C(=O)N(CCO)C(C(=O)N(CC=C)CCN3CCOCC3)C23CC(Br)[C@@H]1O3. The van der Waals surface area contributed by atoms with Crippen molar-refractivity contribution < 1.29 is 33.7 Å². The number of ether oxygens (including phenoxy) is 3. The molecule has 2 amide bonds. The Morgan fingerprint density at radius 2 is 2.00 bits per heavy atom. The monoisotopic (exact) mass is 583 g/mol. The third-order valence-corrected chi connectivity index (χ3v) is 8.73. The van der Waals surface area contributed by atoms with Gasteiger partial charge in [0, 0.05) is 44.1 Å². The van der Waals surface area contributed by atoms with Crippen LogP contribution in [-0.4, -0.2) is 126 Å². The van der Waals surface area contributed by atoms with E-state index in [1.165, 1.54) is 4.90 Å². The summed E-state index contributed by atoms with van der Waals surface area (Å²) in [5.41, 5.74) is -1.16. The summed E-state index contributed by atoms with van der Waals surface area (Å²) in [5, 5.41) is 9.78. The van der Waals surface area contributed by atoms with Crippen molar-refractivity contribution in [3.05, 3.63) is 25.3 Å². The summed E-state index contributed by atoms with van der Waals surface area (Å²) in [5.74, 6) is -2.71. The van der Waals surface area contributed by atoms with E-state index < -0.39 is 35.6 Å². The lowest BCUT2D eigenvalue weighted by atomic mass is 9.70. The molecule has 4 heterocycles. The third-order valence-electron chi connectivity index (χ3n) is 7.88. The molecule has 11 heteroatoms. The molecule has 206 valence electrons. The molecule has 4 aliphatic heterocycles. The zero-order valence-electron chi connectivity index (χ0n) is 21.3. The lowest BCUT2D eigenvalue weighted by Crippen LogP contribution is -2.58. The Bertz CT molecular complexity index is 882. The quantitative estimate of drug-likeness (QED) is 0.145. The van der Waals surface area contributed by atoms with Crippen molar-refractivity contribution >= 4 is 33.7 Å². The molecule has 0 radical (unpaired) electrons. The summed E-state index contributed by atoms with van der Waals surface area (Å²) in [6.07, 6.45) is 4.65. The van der Waals surface area contributed by atoms with E-state index in [0.29, 0.717) is 45.7 Å². The van der Waals surface area contributed by atoms with Crippen molar-refractivity contribution in [2.75, 3.05) is 65.7 Å². The zero-order valence-corrected chi connectivity index (χ0v) is 22.9. The maximum Gasteiger partial charge on any atom is 0.312 e. The number of unbranched alkanes of at least 4 members (excludes halogenated alkanes) is 1. The lowest BCUT2D eigenvalue weighted by Gasteiger charge is -2.37. The van der Waals surface area contributed by atoms with Crippen LogP contribution in [0, 0.1) is 11.8 Å². The molecular formula is C26H38BrN3O7. The number of carbonyl (C=O) groups excluding carboxylic acids is 3. The van der Waals surface area contributed by atoms with Gasteiger partial charge in [0.15, 0.2) is 0 Å². The molecule has 6 atom stereocenters. The first-order valence-corrected chi connectivity index (χ1v) is 14.0. The number of rotatable bonds is 13. The van der Waals surface area contributed by atoms with Gasteiger partial charge in [-0.25, -0.2) is 0 Å². The number of likely N-dealkylation sites (tertiary alicyclic amines) is 1. The van der Waals surface area contributed by atoms with E-state index in [4.69, 9.17) is 14.2 Å². The molecule has 37 heavy (non-hydrogen) atoms. The largest absolute Gasteiger partial charge is 0.465 e. The minimum Gasteiger partial charge on any atom is -0.465 e. The maximum absolute atomic E-state index is 14.1. The van der Waals surface area contributed by atoms with Crippen LogP contribution in [0.2, 0.25) is 0 Å². The summed E-state index contributed by atoms with van der Waals surface area (Å²) >= 11 is 3.65. The summed E-state index contributed by atoms with van der Waals surface area (Å²) in [4.78, 5) is 46.2. The van der Waals surface area contributed by atoms with E-state index in [-0.39, 0.29) is 36.4 Å². The molecule has 0 aromatic carbocycles. The second-order valence-corrected chi connectivity index (χ2v) is 11.2. The fourth-order valence-electron chi connectivity index (χ4n) is 6.23. The highest BCUT2D eigenvalue weighted by atomic mass is 79.9. The fraction of sp³-hybridized carbons (Fsp3) is 0.731. The Balaban J connectivity index is 1.58. The smallest absolute Gasteiger partial charge is 0.312 e. The highest BCUT2D eigenvalue weighted by Gasteiger charge is 2.77. The van der Waals surface area contributed by atoms with Gasteiger partial charge >= 0.3 is 5.97 Å². The Morgan fingerprint density at radius 1 is 1.24 bits per heavy atom. The number of aliphatic hydroxyl groups is 1. The topological polar surface area (TPSA) is 109 Å². The second-order valence-electron chi connectivity index (χ2n) is 10.0. The normalized spacial score (nSPS) is 32.9. The number of hydrogen-bond donors (Lipinski definition) is 1. The number of nitrogens with zero attached hydrogens (tertiary/aromatic N) is 3. The number of hydrogen-bond acceptors (Lipinski definition) is 8. The Labute approximate surface area is 226 Å². The number of halogens is 1. The van der Waals surface area contributed by atoms with Crippen molar-refractivity contribution in [3.63, 3.8) is 0 Å². The molecular weight excluding hydrogens is 546 g/mol. The average Bonchev–Trinajstić information content (AvgIpc) is 3.48. The van der Waals surface area contributed by atoms with E-state index in [1.807, 2.05) is 0 Å². The van der Waals surface area contributed by atoms with E-state index in [0.717, 1.165) is 19.5 Å². The Kier molecular flexibility index (Phi) is 9.44. The zero-order chi connectivity index (χ0) is 26.6. The van der Waals surface area contributed by atoms with Crippen LogP contribution in [0.1, 0.15) is 19.3 Å². The van der Waals surface area contributed by atoms with Gasteiger partial charge < -0.3 is 29.1 Å². The number of β-amino-alcohol motifs (C(OH)–C–C–N with tert-alkyl or cyclic N) is 1. The lowest BCUT2D eigenvalue weighted by molar-refractivity contribution is -0.155. The van der Waals surface area contributed by atoms with Crippen molar-refractivity contribution in [2.24, 2.45) is 11.8 Å². The van der Waals surface area contributed by atoms with Gasteiger partial charge in [0.1, 0.15) is 11.6 Å². The molecule has 0 aromatic heterocycles. The van der Waals surface area contributed by atoms with Crippen LogP contribution in [0.4, 0.5) is 0 Å². The first-order valence-electron chi connectivity index (χ1n) is 13.1. The van der Waals surface area contributed by atoms with Crippen LogP contribution in [-0.2, 0) is 28.6 Å². The number of morpholine rings is 1. The van der Waals surface area contributed by atoms with Crippen molar-refractivity contribution in [1.82, 2.24) is 14.7 Å². The summed E-state index contributed by atoms with van der Waals surface area (Å²) in [6.45, 7) is 11.8. The molecule has 1 spiro atoms. The molecule has 2 bridgehead atoms. The Hall–Kier alpha value is -1.79. The van der Waals surface area contributed by atoms with E-state index in [9.17, 15) is 19.5 Å². The fourth-order valence-corrected chi connectivity index (χ4v) is 7.17. The van der Waals surface area contributed by atoms with E-state index in [1.54, 1.807) is 17.1 Å². The van der Waals surface area contributed by atoms with Gasteiger partial charge in [-0.15, -0.1) is 13.2 Å². The summed E-state index contributed by atoms with van der Waals surface area (Å²) in [7, 11) is 0. The molecule has 4 aliphatic rings. The molecule has 4 rings (SSSR count). The van der Waals surface area contributed by atoms with Gasteiger partial charge in [0.05, 0.1) is 44.4 Å². The van der Waals surface area contributed by atoms with E-state index in [2.05, 4.69) is 34.0 Å². The number of carbonyl (C=O) groups is 3. The molecule has 0 aromatic rings. The van der Waals surface area contributed by atoms with Crippen molar-refractivity contribution in [3.8, 4) is 0 Å². The van der Waals surface area contributed by atoms with Crippen LogP contribution < -0.4 is 0 Å². The number of aliphatic hydroxyl groups excluding tert-OH is 1. The molecule has 0 aliphatic carbocycles. The number of fused-ring (bicyclic) bond motifs is 1. The molecule has 3 unspecified atom stereocenters.